The van der Waals surface area contributed by atoms with Gasteiger partial charge in [-0.25, -0.2) is 4.79 Å². The maximum Gasteiger partial charge on any atom is 1.00 e. The van der Waals surface area contributed by atoms with E-state index in [1.165, 1.54) is 16.9 Å². The second kappa shape index (κ2) is 9.24. The number of thiophene rings is 1. The van der Waals surface area contributed by atoms with E-state index in [0.717, 1.165) is 11.3 Å². The molecule has 1 aliphatic rings. The molecule has 0 spiro atoms. The predicted octanol–water partition coefficient (Wildman–Crippen LogP) is -1.37. The first-order valence-corrected chi connectivity index (χ1v) is 7.91. The molecule has 25 heavy (non-hydrogen) atoms. The van der Waals surface area contributed by atoms with Gasteiger partial charge in [-0.1, -0.05) is 10.9 Å². The Morgan fingerprint density at radius 1 is 1.32 bits per heavy atom. The monoisotopic (exact) mass is 363 g/mol. The Kier molecular flexibility index (Phi) is 8.68. The van der Waals surface area contributed by atoms with Crippen molar-refractivity contribution < 1.29 is 48.2 Å². The minimum Gasteiger partial charge on any atom is -0.870 e. The fourth-order valence-corrected chi connectivity index (χ4v) is 3.07. The first-order chi connectivity index (χ1) is 10.7. The van der Waals surface area contributed by atoms with Crippen LogP contribution in [0.3, 0.4) is 0 Å². The molecule has 8 nitrogen and oxygen atoms in total. The van der Waals surface area contributed by atoms with Crippen LogP contribution in [0.1, 0.15) is 25.6 Å². The van der Waals surface area contributed by atoms with Crippen LogP contribution in [0.4, 0.5) is 9.80 Å². The fourth-order valence-electron chi connectivity index (χ4n) is 2.11. The van der Waals surface area contributed by atoms with Gasteiger partial charge in [-0.05, 0) is 26.5 Å². The van der Waals surface area contributed by atoms with Crippen molar-refractivity contribution in [3.63, 3.8) is 0 Å². The molecule has 0 aromatic carbocycles. The summed E-state index contributed by atoms with van der Waals surface area (Å²) in [5, 5.41) is 0.606. The Labute approximate surface area is 162 Å². The molecular formula is C15H20LiN2O6S-. The third-order valence-corrected chi connectivity index (χ3v) is 4.17. The van der Waals surface area contributed by atoms with Gasteiger partial charge in [-0.2, -0.15) is 11.3 Å². The maximum atomic E-state index is 12.3. The molecule has 1 aromatic rings. The summed E-state index contributed by atoms with van der Waals surface area (Å²) in [4.78, 5) is 38.4. The van der Waals surface area contributed by atoms with Crippen LogP contribution in [0.2, 0.25) is 0 Å². The maximum absolute atomic E-state index is 12.3. The molecule has 2 heterocycles. The minimum absolute atomic E-state index is 0. The van der Waals surface area contributed by atoms with E-state index < -0.39 is 11.7 Å². The molecule has 1 N–H and O–H groups in total. The van der Waals surface area contributed by atoms with Crippen molar-refractivity contribution in [3.8, 4) is 5.75 Å². The summed E-state index contributed by atoms with van der Waals surface area (Å²) in [6, 6.07) is 1.63. The zero-order valence-electron chi connectivity index (χ0n) is 15.0. The van der Waals surface area contributed by atoms with Crippen molar-refractivity contribution in [2.45, 2.75) is 26.4 Å². The van der Waals surface area contributed by atoms with Crippen molar-refractivity contribution in [2.75, 3.05) is 31.6 Å². The van der Waals surface area contributed by atoms with E-state index in [0.29, 0.717) is 28.7 Å². The van der Waals surface area contributed by atoms with Crippen LogP contribution in [0.5, 0.6) is 5.75 Å². The van der Waals surface area contributed by atoms with Gasteiger partial charge in [0, 0.05) is 19.4 Å². The Morgan fingerprint density at radius 3 is 2.40 bits per heavy atom. The van der Waals surface area contributed by atoms with E-state index in [-0.39, 0.29) is 36.8 Å². The van der Waals surface area contributed by atoms with Crippen molar-refractivity contribution in [2.24, 2.45) is 0 Å². The van der Waals surface area contributed by atoms with Crippen molar-refractivity contribution >= 4 is 34.6 Å². The number of anilines is 1. The predicted molar refractivity (Wildman–Crippen MR) is 87.8 cm³/mol. The third kappa shape index (κ3) is 5.75. The number of piperazine rings is 1. The SMILES string of the molecule is COc1cc(N2CCN(C(=O)OC(C)(C)C)CC2=O)sc1[C-]=O.[Li+].[OH-]. The molecule has 0 unspecified atom stereocenters. The Balaban J connectivity index is 0.00000288. The minimum atomic E-state index is -0.604. The van der Waals surface area contributed by atoms with Crippen LogP contribution < -0.4 is 28.5 Å². The average molecular weight is 363 g/mol. The van der Waals surface area contributed by atoms with Gasteiger partial charge in [0.2, 0.25) is 5.91 Å². The Morgan fingerprint density at radius 2 is 1.96 bits per heavy atom. The molecule has 0 saturated carbocycles. The molecule has 0 bridgehead atoms. The standard InChI is InChI=1S/C15H19N2O5S.Li.H2O/c1-15(2,3)22-14(20)16-5-6-17(12(19)8-16)13-7-10(21-4)11(9-18)23-13;;/h7H,5-6,8H2,1-4H3;;1H2/q-1;+1;/p-1. The van der Waals surface area contributed by atoms with Crippen LogP contribution in [0.15, 0.2) is 6.07 Å². The van der Waals surface area contributed by atoms with Crippen LogP contribution in [0.25, 0.3) is 0 Å². The van der Waals surface area contributed by atoms with Crippen molar-refractivity contribution in [1.82, 2.24) is 4.90 Å². The molecule has 0 atom stereocenters. The van der Waals surface area contributed by atoms with Gasteiger partial charge in [-0.3, -0.25) is 9.69 Å². The van der Waals surface area contributed by atoms with E-state index in [1.54, 1.807) is 33.1 Å². The largest absolute Gasteiger partial charge is 1.00 e. The van der Waals surface area contributed by atoms with E-state index in [4.69, 9.17) is 9.47 Å². The number of nitrogens with zero attached hydrogens (tertiary/aromatic N) is 2. The number of amides is 2. The topological polar surface area (TPSA) is 106 Å². The quantitative estimate of drug-likeness (QED) is 0.484. The summed E-state index contributed by atoms with van der Waals surface area (Å²) in [5.74, 6) is 0.158. The smallest absolute Gasteiger partial charge is 0.870 e. The zero-order valence-corrected chi connectivity index (χ0v) is 15.8. The summed E-state index contributed by atoms with van der Waals surface area (Å²) in [7, 11) is 1.45. The van der Waals surface area contributed by atoms with E-state index >= 15 is 0 Å². The molecule has 1 fully saturated rings. The van der Waals surface area contributed by atoms with Crippen LogP contribution in [-0.2, 0) is 14.3 Å². The Bertz CT molecular complexity index is 628. The molecule has 1 aliphatic heterocycles. The number of rotatable bonds is 3. The Hall–Kier alpha value is -1.53. The normalized spacial score (nSPS) is 14.3. The van der Waals surface area contributed by atoms with E-state index in [2.05, 4.69) is 0 Å². The summed E-state index contributed by atoms with van der Waals surface area (Å²) < 4.78 is 10.4. The van der Waals surface area contributed by atoms with Gasteiger partial charge >= 0.3 is 25.0 Å². The molecule has 134 valence electrons. The number of carbonyl (C=O) groups is 2. The molecule has 2 amide bonds. The van der Waals surface area contributed by atoms with E-state index in [1.807, 2.05) is 0 Å². The molecule has 1 saturated heterocycles. The summed E-state index contributed by atoms with van der Waals surface area (Å²) in [6.07, 6.45) is 1.29. The second-order valence-electron chi connectivity index (χ2n) is 6.03. The molecule has 0 aliphatic carbocycles. The van der Waals surface area contributed by atoms with Crippen LogP contribution in [-0.4, -0.2) is 61.0 Å². The number of hydrogen-bond donors (Lipinski definition) is 0. The first kappa shape index (κ1) is 23.5. The van der Waals surface area contributed by atoms with Gasteiger partial charge < -0.3 is 24.6 Å². The average Bonchev–Trinajstić information content (AvgIpc) is 2.88. The van der Waals surface area contributed by atoms with Crippen LogP contribution in [0, 0.1) is 0 Å². The van der Waals surface area contributed by atoms with Crippen LogP contribution >= 0.6 is 11.3 Å². The summed E-state index contributed by atoms with van der Waals surface area (Å²) in [5.41, 5.74) is -0.604. The molecule has 0 radical (unpaired) electrons. The molecular weight excluding hydrogens is 343 g/mol. The first-order valence-electron chi connectivity index (χ1n) is 7.09. The number of ether oxygens (including phenoxy) is 2. The summed E-state index contributed by atoms with van der Waals surface area (Å²) in [6.45, 7) is 5.96. The zero-order chi connectivity index (χ0) is 17.2. The fraction of sp³-hybridized carbons (Fsp3) is 0.533. The van der Waals surface area contributed by atoms with Crippen molar-refractivity contribution in [1.29, 1.82) is 0 Å². The van der Waals surface area contributed by atoms with Crippen molar-refractivity contribution in [3.05, 3.63) is 10.9 Å². The van der Waals surface area contributed by atoms with Gasteiger partial charge in [-0.15, -0.1) is 0 Å². The second-order valence-corrected chi connectivity index (χ2v) is 7.06. The van der Waals surface area contributed by atoms with Gasteiger partial charge in [0.05, 0.1) is 12.1 Å². The summed E-state index contributed by atoms with van der Waals surface area (Å²) >= 11 is 1.14. The van der Waals surface area contributed by atoms with Gasteiger partial charge in [0.15, 0.2) is 0 Å². The molecule has 2 rings (SSSR count). The number of carbonyl (C=O) groups excluding carboxylic acids is 3. The van der Waals surface area contributed by atoms with E-state index in [9.17, 15) is 14.4 Å². The van der Waals surface area contributed by atoms with Gasteiger partial charge in [0.25, 0.3) is 0 Å². The number of hydrogen-bond acceptors (Lipinski definition) is 7. The molecule has 10 heteroatoms. The third-order valence-electron chi connectivity index (χ3n) is 3.14. The molecule has 1 aromatic heterocycles. The van der Waals surface area contributed by atoms with Gasteiger partial charge in [0.1, 0.15) is 12.1 Å². The number of methoxy groups -OCH3 is 1.